The minimum atomic E-state index is -4.36. The number of benzene rings is 1. The first-order chi connectivity index (χ1) is 8.48. The van der Waals surface area contributed by atoms with Gasteiger partial charge >= 0.3 is 6.18 Å². The van der Waals surface area contributed by atoms with E-state index in [1.165, 1.54) is 23.5 Å². The summed E-state index contributed by atoms with van der Waals surface area (Å²) < 4.78 is 38.5. The molecule has 0 N–H and O–H groups in total. The van der Waals surface area contributed by atoms with Crippen LogP contribution in [0.2, 0.25) is 0 Å². The average Bonchev–Trinajstić information content (AvgIpc) is 2.80. The molecule has 1 unspecified atom stereocenters. The van der Waals surface area contributed by atoms with E-state index in [4.69, 9.17) is 11.6 Å². The molecule has 0 amide bonds. The zero-order valence-corrected chi connectivity index (χ0v) is 10.8. The first kappa shape index (κ1) is 13.4. The van der Waals surface area contributed by atoms with Crippen molar-refractivity contribution in [3.8, 4) is 0 Å². The fraction of sp³-hybridized carbons (Fsp3) is 0.231. The predicted molar refractivity (Wildman–Crippen MR) is 68.1 cm³/mol. The summed E-state index contributed by atoms with van der Waals surface area (Å²) in [4.78, 5) is 0. The van der Waals surface area contributed by atoms with Crippen LogP contribution >= 0.6 is 22.9 Å². The van der Waals surface area contributed by atoms with Gasteiger partial charge in [0.05, 0.1) is 10.9 Å². The Morgan fingerprint density at radius 3 is 2.50 bits per heavy atom. The first-order valence-electron chi connectivity index (χ1n) is 5.30. The molecule has 0 nitrogen and oxygen atoms in total. The van der Waals surface area contributed by atoms with Gasteiger partial charge in [0.2, 0.25) is 0 Å². The lowest BCUT2D eigenvalue weighted by atomic mass is 10.00. The fourth-order valence-corrected chi connectivity index (χ4v) is 2.80. The van der Waals surface area contributed by atoms with Gasteiger partial charge < -0.3 is 0 Å². The summed E-state index contributed by atoms with van der Waals surface area (Å²) in [5.41, 5.74) is 0.440. The van der Waals surface area contributed by atoms with Crippen molar-refractivity contribution in [3.05, 3.63) is 57.8 Å². The van der Waals surface area contributed by atoms with E-state index in [2.05, 4.69) is 0 Å². The van der Waals surface area contributed by atoms with E-state index < -0.39 is 17.1 Å². The van der Waals surface area contributed by atoms with E-state index >= 15 is 0 Å². The Bertz CT molecular complexity index is 505. The summed E-state index contributed by atoms with van der Waals surface area (Å²) in [5.74, 6) is 0. The third-order valence-corrected chi connectivity index (χ3v) is 3.72. The van der Waals surface area contributed by atoms with Gasteiger partial charge in [-0.15, -0.1) is 11.6 Å². The SMILES string of the molecule is FC(F)(F)c1ccccc1C(Cl)Cc1ccsc1. The summed E-state index contributed by atoms with van der Waals surface area (Å²) in [7, 11) is 0. The van der Waals surface area contributed by atoms with Crippen LogP contribution in [-0.2, 0) is 12.6 Å². The smallest absolute Gasteiger partial charge is 0.166 e. The Morgan fingerprint density at radius 2 is 1.89 bits per heavy atom. The normalized spacial score (nSPS) is 13.6. The second kappa shape index (κ2) is 5.33. The maximum absolute atomic E-state index is 12.8. The molecule has 96 valence electrons. The quantitative estimate of drug-likeness (QED) is 0.674. The Hall–Kier alpha value is -1.00. The molecule has 2 aromatic rings. The monoisotopic (exact) mass is 290 g/mol. The molecule has 0 aliphatic rings. The second-order valence-electron chi connectivity index (χ2n) is 3.89. The molecule has 0 radical (unpaired) electrons. The van der Waals surface area contributed by atoms with Crippen molar-refractivity contribution in [2.45, 2.75) is 18.0 Å². The molecule has 1 heterocycles. The van der Waals surface area contributed by atoms with Crippen molar-refractivity contribution in [1.29, 1.82) is 0 Å². The topological polar surface area (TPSA) is 0 Å². The van der Waals surface area contributed by atoms with Crippen LogP contribution in [0.4, 0.5) is 13.2 Å². The molecule has 0 aliphatic carbocycles. The van der Waals surface area contributed by atoms with Gasteiger partial charge in [-0.25, -0.2) is 0 Å². The highest BCUT2D eigenvalue weighted by Crippen LogP contribution is 2.37. The van der Waals surface area contributed by atoms with Crippen LogP contribution in [0.15, 0.2) is 41.1 Å². The molecule has 0 saturated heterocycles. The number of thiophene rings is 1. The van der Waals surface area contributed by atoms with E-state index in [9.17, 15) is 13.2 Å². The summed E-state index contributed by atoms with van der Waals surface area (Å²) >= 11 is 7.62. The Kier molecular flexibility index (Phi) is 3.97. The molecule has 0 fully saturated rings. The highest BCUT2D eigenvalue weighted by atomic mass is 35.5. The molecular weight excluding hydrogens is 281 g/mol. The zero-order chi connectivity index (χ0) is 13.2. The van der Waals surface area contributed by atoms with Gasteiger partial charge in [-0.1, -0.05) is 18.2 Å². The highest BCUT2D eigenvalue weighted by molar-refractivity contribution is 7.07. The molecule has 0 spiro atoms. The third-order valence-electron chi connectivity index (χ3n) is 2.60. The molecule has 5 heteroatoms. The highest BCUT2D eigenvalue weighted by Gasteiger charge is 2.34. The average molecular weight is 291 g/mol. The van der Waals surface area contributed by atoms with Crippen molar-refractivity contribution < 1.29 is 13.2 Å². The van der Waals surface area contributed by atoms with Crippen LogP contribution in [-0.4, -0.2) is 0 Å². The lowest BCUT2D eigenvalue weighted by Crippen LogP contribution is -2.10. The minimum Gasteiger partial charge on any atom is -0.166 e. The summed E-state index contributed by atoms with van der Waals surface area (Å²) in [6, 6.07) is 7.33. The van der Waals surface area contributed by atoms with Crippen LogP contribution in [0, 0.1) is 0 Å². The maximum atomic E-state index is 12.8. The maximum Gasteiger partial charge on any atom is 0.416 e. The van der Waals surface area contributed by atoms with Gasteiger partial charge in [0, 0.05) is 0 Å². The largest absolute Gasteiger partial charge is 0.416 e. The number of hydrogen-bond donors (Lipinski definition) is 0. The van der Waals surface area contributed by atoms with Crippen molar-refractivity contribution >= 4 is 22.9 Å². The third kappa shape index (κ3) is 3.06. The van der Waals surface area contributed by atoms with Gasteiger partial charge in [0.25, 0.3) is 0 Å². The van der Waals surface area contributed by atoms with Crippen molar-refractivity contribution in [2.24, 2.45) is 0 Å². The number of halogens is 4. The van der Waals surface area contributed by atoms with Gasteiger partial charge in [0.15, 0.2) is 0 Å². The molecule has 1 aromatic carbocycles. The predicted octanol–water partition coefficient (Wildman–Crippen LogP) is 5.29. The van der Waals surface area contributed by atoms with Crippen molar-refractivity contribution in [2.75, 3.05) is 0 Å². The van der Waals surface area contributed by atoms with E-state index in [0.717, 1.165) is 11.6 Å². The number of hydrogen-bond acceptors (Lipinski definition) is 1. The van der Waals surface area contributed by atoms with Gasteiger partial charge in [0.1, 0.15) is 0 Å². The molecule has 0 aliphatic heterocycles. The van der Waals surface area contributed by atoms with Crippen molar-refractivity contribution in [1.82, 2.24) is 0 Å². The first-order valence-corrected chi connectivity index (χ1v) is 6.67. The second-order valence-corrected chi connectivity index (χ2v) is 5.20. The molecule has 18 heavy (non-hydrogen) atoms. The van der Waals surface area contributed by atoms with Crippen LogP contribution in [0.1, 0.15) is 22.1 Å². The fourth-order valence-electron chi connectivity index (χ4n) is 1.75. The van der Waals surface area contributed by atoms with E-state index in [0.29, 0.717) is 6.42 Å². The number of alkyl halides is 4. The Morgan fingerprint density at radius 1 is 1.17 bits per heavy atom. The van der Waals surface area contributed by atoms with Crippen LogP contribution in [0.25, 0.3) is 0 Å². The van der Waals surface area contributed by atoms with Crippen LogP contribution < -0.4 is 0 Å². The summed E-state index contributed by atoms with van der Waals surface area (Å²) in [6.07, 6.45) is -3.96. The molecule has 1 aromatic heterocycles. The summed E-state index contributed by atoms with van der Waals surface area (Å²) in [5, 5.41) is 3.11. The Labute approximate surface area is 112 Å². The van der Waals surface area contributed by atoms with Gasteiger partial charge in [-0.3, -0.25) is 0 Å². The Balaban J connectivity index is 2.27. The minimum absolute atomic E-state index is 0.137. The van der Waals surface area contributed by atoms with Gasteiger partial charge in [-0.05, 0) is 40.4 Å². The summed E-state index contributed by atoms with van der Waals surface area (Å²) in [6.45, 7) is 0. The molecule has 0 bridgehead atoms. The molecule has 1 atom stereocenters. The van der Waals surface area contributed by atoms with Gasteiger partial charge in [-0.2, -0.15) is 24.5 Å². The molecule has 2 rings (SSSR count). The molecule has 0 saturated carbocycles. The standard InChI is InChI=1S/C13H10ClF3S/c14-12(7-9-5-6-18-8-9)10-3-1-2-4-11(10)13(15,16)17/h1-6,8,12H,7H2. The van der Waals surface area contributed by atoms with E-state index in [1.54, 1.807) is 6.07 Å². The molecular formula is C13H10ClF3S. The van der Waals surface area contributed by atoms with E-state index in [-0.39, 0.29) is 5.56 Å². The lowest BCUT2D eigenvalue weighted by Gasteiger charge is -2.16. The van der Waals surface area contributed by atoms with E-state index in [1.807, 2.05) is 16.8 Å². The lowest BCUT2D eigenvalue weighted by molar-refractivity contribution is -0.138. The van der Waals surface area contributed by atoms with Crippen LogP contribution in [0.5, 0.6) is 0 Å². The zero-order valence-electron chi connectivity index (χ0n) is 9.25. The van der Waals surface area contributed by atoms with Crippen LogP contribution in [0.3, 0.4) is 0 Å². The van der Waals surface area contributed by atoms with Crippen molar-refractivity contribution in [3.63, 3.8) is 0 Å². The number of rotatable bonds is 3.